The molecule has 2 aliphatic rings. The first-order chi connectivity index (χ1) is 7.77. The van der Waals surface area contributed by atoms with Crippen LogP contribution in [0.1, 0.15) is 10.6 Å². The van der Waals surface area contributed by atoms with Gasteiger partial charge < -0.3 is 9.15 Å². The van der Waals surface area contributed by atoms with Crippen molar-refractivity contribution in [3.8, 4) is 0 Å². The Morgan fingerprint density at radius 2 is 2.44 bits per heavy atom. The zero-order valence-corrected chi connectivity index (χ0v) is 9.20. The monoisotopic (exact) mass is 238 g/mol. The summed E-state index contributed by atoms with van der Waals surface area (Å²) in [6.45, 7) is 0. The van der Waals surface area contributed by atoms with Crippen LogP contribution in [0.4, 0.5) is 0 Å². The van der Waals surface area contributed by atoms with Gasteiger partial charge in [0.05, 0.1) is 12.3 Å². The first-order valence-electron chi connectivity index (χ1n) is 4.97. The molecule has 2 atom stereocenters. The molecule has 1 aromatic heterocycles. The SMILES string of the molecule is N=C1O[C@H]2CSC[C@H]2N1C(=O)c1ccco1. The summed E-state index contributed by atoms with van der Waals surface area (Å²) >= 11 is 1.74. The molecule has 1 amide bonds. The number of amides is 1. The number of ether oxygens (including phenoxy) is 1. The molecule has 0 radical (unpaired) electrons. The van der Waals surface area contributed by atoms with Crippen molar-refractivity contribution in [1.29, 1.82) is 5.41 Å². The van der Waals surface area contributed by atoms with Crippen molar-refractivity contribution in [2.45, 2.75) is 12.1 Å². The number of hydrogen-bond acceptors (Lipinski definition) is 5. The van der Waals surface area contributed by atoms with Crippen molar-refractivity contribution < 1.29 is 13.9 Å². The molecule has 1 N–H and O–H groups in total. The molecule has 3 rings (SSSR count). The molecule has 16 heavy (non-hydrogen) atoms. The Morgan fingerprint density at radius 3 is 3.19 bits per heavy atom. The van der Waals surface area contributed by atoms with Crippen molar-refractivity contribution in [1.82, 2.24) is 4.90 Å². The summed E-state index contributed by atoms with van der Waals surface area (Å²) in [5.41, 5.74) is 0. The fourth-order valence-corrected chi connectivity index (χ4v) is 3.25. The van der Waals surface area contributed by atoms with E-state index in [9.17, 15) is 4.79 Å². The zero-order valence-electron chi connectivity index (χ0n) is 8.38. The minimum Gasteiger partial charge on any atom is -0.459 e. The second kappa shape index (κ2) is 3.55. The normalized spacial score (nSPS) is 28.0. The Bertz CT molecular complexity index is 431. The van der Waals surface area contributed by atoms with Gasteiger partial charge in [-0.3, -0.25) is 15.1 Å². The third-order valence-corrected chi connectivity index (χ3v) is 3.91. The van der Waals surface area contributed by atoms with E-state index < -0.39 is 0 Å². The van der Waals surface area contributed by atoms with Crippen LogP contribution in [0, 0.1) is 5.41 Å². The predicted octanol–water partition coefficient (Wildman–Crippen LogP) is 1.17. The molecule has 0 aliphatic carbocycles. The van der Waals surface area contributed by atoms with Gasteiger partial charge in [-0.15, -0.1) is 0 Å². The standard InChI is InChI=1S/C10H10N2O3S/c11-10-12(6-4-16-5-8(6)15-10)9(13)7-2-1-3-14-7/h1-3,6,8,11H,4-5H2/t6-,8+/m1/s1. The van der Waals surface area contributed by atoms with Crippen LogP contribution in [0.3, 0.4) is 0 Å². The van der Waals surface area contributed by atoms with Gasteiger partial charge in [0.2, 0.25) is 0 Å². The van der Waals surface area contributed by atoms with Crippen LogP contribution < -0.4 is 0 Å². The second-order valence-electron chi connectivity index (χ2n) is 3.72. The molecule has 2 aliphatic heterocycles. The van der Waals surface area contributed by atoms with Gasteiger partial charge in [0.25, 0.3) is 11.9 Å². The van der Waals surface area contributed by atoms with Crippen LogP contribution in [0.25, 0.3) is 0 Å². The summed E-state index contributed by atoms with van der Waals surface area (Å²) in [5, 5.41) is 7.67. The molecule has 84 valence electrons. The van der Waals surface area contributed by atoms with E-state index in [0.29, 0.717) is 0 Å². The molecule has 0 unspecified atom stereocenters. The molecule has 3 heterocycles. The van der Waals surface area contributed by atoms with Crippen LogP contribution in [-0.4, -0.2) is 40.5 Å². The number of rotatable bonds is 1. The highest BCUT2D eigenvalue weighted by molar-refractivity contribution is 7.99. The quantitative estimate of drug-likeness (QED) is 0.797. The zero-order chi connectivity index (χ0) is 11.1. The summed E-state index contributed by atoms with van der Waals surface area (Å²) in [6, 6.07) is 3.19. The molecule has 2 fully saturated rings. The summed E-state index contributed by atoms with van der Waals surface area (Å²) in [7, 11) is 0. The highest BCUT2D eigenvalue weighted by Gasteiger charge is 2.46. The highest BCUT2D eigenvalue weighted by atomic mass is 32.2. The molecule has 0 aromatic carbocycles. The average Bonchev–Trinajstić information content (AvgIpc) is 2.89. The third-order valence-electron chi connectivity index (χ3n) is 2.76. The van der Waals surface area contributed by atoms with E-state index in [1.807, 2.05) is 0 Å². The molecule has 2 saturated heterocycles. The first-order valence-corrected chi connectivity index (χ1v) is 6.13. The van der Waals surface area contributed by atoms with Gasteiger partial charge in [-0.1, -0.05) is 0 Å². The topological polar surface area (TPSA) is 66.5 Å². The lowest BCUT2D eigenvalue weighted by atomic mass is 10.2. The molecule has 5 nitrogen and oxygen atoms in total. The molecule has 1 aromatic rings. The first kappa shape index (κ1) is 9.77. The Labute approximate surface area is 96.2 Å². The largest absolute Gasteiger partial charge is 0.459 e. The van der Waals surface area contributed by atoms with E-state index in [-0.39, 0.29) is 29.8 Å². The second-order valence-corrected chi connectivity index (χ2v) is 4.79. The maximum absolute atomic E-state index is 12.1. The lowest BCUT2D eigenvalue weighted by molar-refractivity contribution is 0.0792. The van der Waals surface area contributed by atoms with Gasteiger partial charge in [-0.25, -0.2) is 0 Å². The predicted molar refractivity (Wildman–Crippen MR) is 58.6 cm³/mol. The van der Waals surface area contributed by atoms with Crippen molar-refractivity contribution in [2.75, 3.05) is 11.5 Å². The van der Waals surface area contributed by atoms with Crippen LogP contribution in [0.5, 0.6) is 0 Å². The summed E-state index contributed by atoms with van der Waals surface area (Å²) in [5.74, 6) is 1.63. The van der Waals surface area contributed by atoms with Crippen molar-refractivity contribution in [3.63, 3.8) is 0 Å². The van der Waals surface area contributed by atoms with E-state index in [1.165, 1.54) is 11.2 Å². The fraction of sp³-hybridized carbons (Fsp3) is 0.400. The van der Waals surface area contributed by atoms with Gasteiger partial charge in [-0.2, -0.15) is 11.8 Å². The average molecular weight is 238 g/mol. The Balaban J connectivity index is 1.89. The number of thioether (sulfide) groups is 1. The minimum absolute atomic E-state index is 0.0184. The molecule has 6 heteroatoms. The minimum atomic E-state index is -0.287. The smallest absolute Gasteiger partial charge is 0.297 e. The van der Waals surface area contributed by atoms with Crippen LogP contribution in [0.2, 0.25) is 0 Å². The van der Waals surface area contributed by atoms with E-state index >= 15 is 0 Å². The van der Waals surface area contributed by atoms with Gasteiger partial charge >= 0.3 is 0 Å². The Kier molecular flexibility index (Phi) is 2.17. The number of hydrogen-bond donors (Lipinski definition) is 1. The Hall–Kier alpha value is -1.43. The fourth-order valence-electron chi connectivity index (χ4n) is 1.99. The summed E-state index contributed by atoms with van der Waals surface area (Å²) in [6.07, 6.45) is 1.42. The van der Waals surface area contributed by atoms with Crippen LogP contribution >= 0.6 is 11.8 Å². The Morgan fingerprint density at radius 1 is 1.56 bits per heavy atom. The molecular weight excluding hydrogens is 228 g/mol. The third kappa shape index (κ3) is 1.33. The highest BCUT2D eigenvalue weighted by Crippen LogP contribution is 2.32. The lowest BCUT2D eigenvalue weighted by Gasteiger charge is -2.17. The number of carbonyl (C=O) groups excluding carboxylic acids is 1. The van der Waals surface area contributed by atoms with Gasteiger partial charge in [0, 0.05) is 11.5 Å². The lowest BCUT2D eigenvalue weighted by Crippen LogP contribution is -2.41. The van der Waals surface area contributed by atoms with Crippen LogP contribution in [-0.2, 0) is 4.74 Å². The van der Waals surface area contributed by atoms with Gasteiger partial charge in [0.1, 0.15) is 6.10 Å². The maximum Gasteiger partial charge on any atom is 0.297 e. The van der Waals surface area contributed by atoms with Crippen molar-refractivity contribution in [2.24, 2.45) is 0 Å². The van der Waals surface area contributed by atoms with E-state index in [1.54, 1.807) is 23.9 Å². The van der Waals surface area contributed by atoms with Crippen LogP contribution in [0.15, 0.2) is 22.8 Å². The van der Waals surface area contributed by atoms with E-state index in [2.05, 4.69) is 0 Å². The molecule has 0 saturated carbocycles. The summed E-state index contributed by atoms with van der Waals surface area (Å²) in [4.78, 5) is 13.5. The molecule has 0 spiro atoms. The van der Waals surface area contributed by atoms with E-state index in [0.717, 1.165) is 11.5 Å². The maximum atomic E-state index is 12.1. The van der Waals surface area contributed by atoms with E-state index in [4.69, 9.17) is 14.6 Å². The molecular formula is C10H10N2O3S. The number of nitrogens with one attached hydrogen (secondary N) is 1. The van der Waals surface area contributed by atoms with Crippen molar-refractivity contribution in [3.05, 3.63) is 24.2 Å². The summed E-state index contributed by atoms with van der Waals surface area (Å²) < 4.78 is 10.4. The van der Waals surface area contributed by atoms with Gasteiger partial charge in [0.15, 0.2) is 5.76 Å². The van der Waals surface area contributed by atoms with Crippen molar-refractivity contribution >= 4 is 23.7 Å². The number of nitrogens with zero attached hydrogens (tertiary/aromatic N) is 1. The number of fused-ring (bicyclic) bond motifs is 1. The molecule has 0 bridgehead atoms. The van der Waals surface area contributed by atoms with Gasteiger partial charge in [-0.05, 0) is 12.1 Å². The number of furan rings is 1. The number of carbonyl (C=O) groups is 1. The number of amidine groups is 1.